The maximum atomic E-state index is 12.7. The molecule has 1 amide bonds. The van der Waals surface area contributed by atoms with Crippen molar-refractivity contribution in [2.75, 3.05) is 11.1 Å². The molecule has 1 aliphatic heterocycles. The molecule has 0 aromatic heterocycles. The minimum atomic E-state index is -0.149. The Morgan fingerprint density at radius 3 is 2.64 bits per heavy atom. The molecule has 3 aromatic rings. The van der Waals surface area contributed by atoms with Crippen LogP contribution in [0.25, 0.3) is 11.1 Å². The standard InChI is InChI=1S/C24H22N2OS/c27-24(22-15-28-23(26-22)12-16-6-2-1-3-7-16)25-19-10-11-21-18(14-19)13-17-8-4-5-9-20(17)21/h1-11,14,22-23,26H,12-13,15H2,(H,25,27)/t22-,23?/m0/s1. The number of carbonyl (C=O) groups is 1. The Hall–Kier alpha value is -2.56. The Labute approximate surface area is 169 Å². The Morgan fingerprint density at radius 1 is 0.964 bits per heavy atom. The molecular weight excluding hydrogens is 364 g/mol. The number of benzene rings is 3. The lowest BCUT2D eigenvalue weighted by Gasteiger charge is -2.14. The van der Waals surface area contributed by atoms with Gasteiger partial charge in [0, 0.05) is 11.4 Å². The molecule has 0 spiro atoms. The molecule has 0 bridgehead atoms. The van der Waals surface area contributed by atoms with Crippen LogP contribution in [0.3, 0.4) is 0 Å². The second-order valence-corrected chi connectivity index (χ2v) is 8.66. The lowest BCUT2D eigenvalue weighted by atomic mass is 10.1. The Balaban J connectivity index is 1.23. The molecule has 1 heterocycles. The summed E-state index contributed by atoms with van der Waals surface area (Å²) in [6.45, 7) is 0. The largest absolute Gasteiger partial charge is 0.325 e. The van der Waals surface area contributed by atoms with E-state index in [9.17, 15) is 4.79 Å². The number of carbonyl (C=O) groups excluding carboxylic acids is 1. The predicted octanol–water partition coefficient (Wildman–Crippen LogP) is 4.47. The van der Waals surface area contributed by atoms with Gasteiger partial charge in [0.05, 0.1) is 11.4 Å². The van der Waals surface area contributed by atoms with E-state index in [1.807, 2.05) is 23.9 Å². The average Bonchev–Trinajstić information content (AvgIpc) is 3.33. The van der Waals surface area contributed by atoms with Crippen molar-refractivity contribution in [2.24, 2.45) is 0 Å². The van der Waals surface area contributed by atoms with E-state index in [0.29, 0.717) is 0 Å². The summed E-state index contributed by atoms with van der Waals surface area (Å²) in [4.78, 5) is 12.7. The quantitative estimate of drug-likeness (QED) is 0.544. The first-order valence-electron chi connectivity index (χ1n) is 9.70. The number of hydrogen-bond acceptors (Lipinski definition) is 3. The van der Waals surface area contributed by atoms with Gasteiger partial charge in [-0.15, -0.1) is 11.8 Å². The lowest BCUT2D eigenvalue weighted by Crippen LogP contribution is -2.40. The first-order chi connectivity index (χ1) is 13.8. The van der Waals surface area contributed by atoms with Crippen LogP contribution in [0.5, 0.6) is 0 Å². The van der Waals surface area contributed by atoms with Gasteiger partial charge in [-0.25, -0.2) is 0 Å². The number of nitrogens with one attached hydrogen (secondary N) is 2. The third-order valence-electron chi connectivity index (χ3n) is 5.49. The van der Waals surface area contributed by atoms with Crippen molar-refractivity contribution in [3.05, 3.63) is 89.5 Å². The predicted molar refractivity (Wildman–Crippen MR) is 117 cm³/mol. The smallest absolute Gasteiger partial charge is 0.242 e. The van der Waals surface area contributed by atoms with Crippen LogP contribution < -0.4 is 10.6 Å². The van der Waals surface area contributed by atoms with Gasteiger partial charge < -0.3 is 5.32 Å². The molecule has 1 fully saturated rings. The second kappa shape index (κ2) is 7.46. The molecule has 1 aliphatic carbocycles. The molecule has 28 heavy (non-hydrogen) atoms. The topological polar surface area (TPSA) is 41.1 Å². The lowest BCUT2D eigenvalue weighted by molar-refractivity contribution is -0.117. The van der Waals surface area contributed by atoms with Crippen molar-refractivity contribution in [1.82, 2.24) is 5.32 Å². The van der Waals surface area contributed by atoms with Gasteiger partial charge in [0.1, 0.15) is 0 Å². The number of anilines is 1. The molecule has 2 atom stereocenters. The molecule has 3 nitrogen and oxygen atoms in total. The summed E-state index contributed by atoms with van der Waals surface area (Å²) in [6, 6.07) is 25.1. The van der Waals surface area contributed by atoms with Crippen LogP contribution in [-0.4, -0.2) is 23.1 Å². The third-order valence-corrected chi connectivity index (χ3v) is 6.72. The van der Waals surface area contributed by atoms with Gasteiger partial charge in [-0.05, 0) is 52.8 Å². The van der Waals surface area contributed by atoms with E-state index in [2.05, 4.69) is 71.3 Å². The fourth-order valence-electron chi connectivity index (χ4n) is 4.08. The maximum absolute atomic E-state index is 12.7. The monoisotopic (exact) mass is 386 g/mol. The molecule has 0 radical (unpaired) electrons. The van der Waals surface area contributed by atoms with Gasteiger partial charge in [0.15, 0.2) is 0 Å². The van der Waals surface area contributed by atoms with Gasteiger partial charge in [0.2, 0.25) is 5.91 Å². The van der Waals surface area contributed by atoms with E-state index >= 15 is 0 Å². The molecule has 3 aromatic carbocycles. The fourth-order valence-corrected chi connectivity index (χ4v) is 5.33. The second-order valence-electron chi connectivity index (χ2n) is 7.43. The highest BCUT2D eigenvalue weighted by Gasteiger charge is 2.30. The Kier molecular flexibility index (Phi) is 4.67. The highest BCUT2D eigenvalue weighted by Crippen LogP contribution is 2.37. The number of hydrogen-bond donors (Lipinski definition) is 2. The molecule has 1 unspecified atom stereocenters. The molecule has 140 valence electrons. The molecule has 2 aliphatic rings. The first-order valence-corrected chi connectivity index (χ1v) is 10.7. The number of thioether (sulfide) groups is 1. The summed E-state index contributed by atoms with van der Waals surface area (Å²) in [5.74, 6) is 0.859. The van der Waals surface area contributed by atoms with Crippen LogP contribution in [0.15, 0.2) is 72.8 Å². The highest BCUT2D eigenvalue weighted by molar-refractivity contribution is 8.00. The molecule has 4 heteroatoms. The maximum Gasteiger partial charge on any atom is 0.242 e. The van der Waals surface area contributed by atoms with E-state index in [4.69, 9.17) is 0 Å². The van der Waals surface area contributed by atoms with Crippen molar-refractivity contribution in [3.63, 3.8) is 0 Å². The fraction of sp³-hybridized carbons (Fsp3) is 0.208. The van der Waals surface area contributed by atoms with Crippen LogP contribution in [-0.2, 0) is 17.6 Å². The van der Waals surface area contributed by atoms with Gasteiger partial charge in [0.25, 0.3) is 0 Å². The summed E-state index contributed by atoms with van der Waals surface area (Å²) in [7, 11) is 0. The summed E-state index contributed by atoms with van der Waals surface area (Å²) >= 11 is 1.82. The van der Waals surface area contributed by atoms with E-state index in [1.165, 1.54) is 27.8 Å². The summed E-state index contributed by atoms with van der Waals surface area (Å²) < 4.78 is 0. The Morgan fingerprint density at radius 2 is 1.75 bits per heavy atom. The summed E-state index contributed by atoms with van der Waals surface area (Å²) in [6.07, 6.45) is 1.87. The average molecular weight is 387 g/mol. The van der Waals surface area contributed by atoms with Crippen LogP contribution in [0.2, 0.25) is 0 Å². The van der Waals surface area contributed by atoms with Gasteiger partial charge in [-0.1, -0.05) is 60.7 Å². The summed E-state index contributed by atoms with van der Waals surface area (Å²) in [5, 5.41) is 6.87. The summed E-state index contributed by atoms with van der Waals surface area (Å²) in [5.41, 5.74) is 7.42. The van der Waals surface area contributed by atoms with Crippen molar-refractivity contribution >= 4 is 23.4 Å². The van der Waals surface area contributed by atoms with E-state index < -0.39 is 0 Å². The van der Waals surface area contributed by atoms with Crippen LogP contribution >= 0.6 is 11.8 Å². The van der Waals surface area contributed by atoms with Crippen molar-refractivity contribution < 1.29 is 4.79 Å². The van der Waals surface area contributed by atoms with E-state index in [0.717, 1.165) is 24.3 Å². The van der Waals surface area contributed by atoms with E-state index in [-0.39, 0.29) is 17.3 Å². The zero-order valence-corrected chi connectivity index (χ0v) is 16.3. The van der Waals surface area contributed by atoms with Crippen molar-refractivity contribution in [2.45, 2.75) is 24.3 Å². The van der Waals surface area contributed by atoms with Gasteiger partial charge in [-0.2, -0.15) is 0 Å². The third kappa shape index (κ3) is 3.46. The molecule has 0 saturated carbocycles. The normalized spacial score (nSPS) is 19.9. The molecular formula is C24H22N2OS. The highest BCUT2D eigenvalue weighted by atomic mass is 32.2. The number of rotatable bonds is 4. The SMILES string of the molecule is O=C(Nc1ccc2c(c1)Cc1ccccc1-2)[C@@H]1CSC(Cc2ccccc2)N1. The molecule has 1 saturated heterocycles. The van der Waals surface area contributed by atoms with Gasteiger partial charge in [-0.3, -0.25) is 10.1 Å². The number of amides is 1. The van der Waals surface area contributed by atoms with Crippen LogP contribution in [0.1, 0.15) is 16.7 Å². The van der Waals surface area contributed by atoms with Gasteiger partial charge >= 0.3 is 0 Å². The van der Waals surface area contributed by atoms with Crippen LogP contribution in [0, 0.1) is 0 Å². The Bertz CT molecular complexity index is 1020. The first kappa shape index (κ1) is 17.5. The van der Waals surface area contributed by atoms with Crippen molar-refractivity contribution in [3.8, 4) is 11.1 Å². The zero-order chi connectivity index (χ0) is 18.9. The van der Waals surface area contributed by atoms with Crippen molar-refractivity contribution in [1.29, 1.82) is 0 Å². The number of fused-ring (bicyclic) bond motifs is 3. The molecule has 5 rings (SSSR count). The minimum absolute atomic E-state index is 0.0542. The van der Waals surface area contributed by atoms with E-state index in [1.54, 1.807) is 0 Å². The van der Waals surface area contributed by atoms with Crippen LogP contribution in [0.4, 0.5) is 5.69 Å². The minimum Gasteiger partial charge on any atom is -0.325 e. The zero-order valence-electron chi connectivity index (χ0n) is 15.5. The molecule has 2 N–H and O–H groups in total.